The van der Waals surface area contributed by atoms with Crippen LogP contribution in [0.4, 0.5) is 5.69 Å². The summed E-state index contributed by atoms with van der Waals surface area (Å²) in [6.45, 7) is 1.98. The Balaban J connectivity index is 1.30. The van der Waals surface area contributed by atoms with E-state index < -0.39 is 0 Å². The summed E-state index contributed by atoms with van der Waals surface area (Å²) in [7, 11) is 0. The van der Waals surface area contributed by atoms with E-state index in [1.165, 1.54) is 0 Å². The lowest BCUT2D eigenvalue weighted by molar-refractivity contribution is -0.117. The molecular formula is C27H27N3O3. The summed E-state index contributed by atoms with van der Waals surface area (Å²) in [5, 5.41) is 7.82. The van der Waals surface area contributed by atoms with Crippen LogP contribution in [0, 0.1) is 5.92 Å². The lowest BCUT2D eigenvalue weighted by atomic mass is 10.0. The first-order valence-corrected chi connectivity index (χ1v) is 11.6. The van der Waals surface area contributed by atoms with E-state index in [-0.39, 0.29) is 23.6 Å². The predicted molar refractivity (Wildman–Crippen MR) is 128 cm³/mol. The molecule has 0 spiro atoms. The molecule has 168 valence electrons. The molecule has 0 atom stereocenters. The summed E-state index contributed by atoms with van der Waals surface area (Å²) >= 11 is 0. The van der Waals surface area contributed by atoms with Crippen molar-refractivity contribution in [1.29, 1.82) is 0 Å². The summed E-state index contributed by atoms with van der Waals surface area (Å²) in [5.74, 6) is -0.161. The number of amides is 3. The van der Waals surface area contributed by atoms with Crippen molar-refractivity contribution in [3.63, 3.8) is 0 Å². The van der Waals surface area contributed by atoms with Gasteiger partial charge in [-0.25, -0.2) is 0 Å². The van der Waals surface area contributed by atoms with E-state index in [0.717, 1.165) is 55.1 Å². The van der Waals surface area contributed by atoms with Gasteiger partial charge in [-0.15, -0.1) is 0 Å². The van der Waals surface area contributed by atoms with E-state index in [1.54, 1.807) is 0 Å². The van der Waals surface area contributed by atoms with Crippen molar-refractivity contribution in [1.82, 2.24) is 10.2 Å². The molecule has 33 heavy (non-hydrogen) atoms. The normalized spacial score (nSPS) is 15.5. The number of nitrogens with zero attached hydrogens (tertiary/aromatic N) is 1. The molecule has 1 aliphatic heterocycles. The van der Waals surface area contributed by atoms with Gasteiger partial charge in [0, 0.05) is 31.1 Å². The standard InChI is InChI=1S/C27H27N3O3/c31-25(19-11-12-19)29-24-16-22-6-2-1-5-21(22)15-23(24)26(32)28-17-18-7-9-20(10-8-18)27(33)30-13-3-4-14-30/h1-2,5-10,15-16,19H,3-4,11-14,17H2,(H,28,32)(H,29,31). The van der Waals surface area contributed by atoms with E-state index in [9.17, 15) is 14.4 Å². The van der Waals surface area contributed by atoms with Crippen LogP contribution < -0.4 is 10.6 Å². The van der Waals surface area contributed by atoms with Crippen molar-refractivity contribution in [2.24, 2.45) is 5.92 Å². The third-order valence-electron chi connectivity index (χ3n) is 6.38. The van der Waals surface area contributed by atoms with Gasteiger partial charge >= 0.3 is 0 Å². The smallest absolute Gasteiger partial charge is 0.253 e. The van der Waals surface area contributed by atoms with Crippen LogP contribution >= 0.6 is 0 Å². The molecule has 5 rings (SSSR count). The van der Waals surface area contributed by atoms with Gasteiger partial charge in [-0.3, -0.25) is 14.4 Å². The van der Waals surface area contributed by atoms with Crippen LogP contribution in [0.25, 0.3) is 10.8 Å². The fraction of sp³-hybridized carbons (Fsp3) is 0.296. The number of carbonyl (C=O) groups is 3. The lowest BCUT2D eigenvalue weighted by Gasteiger charge is -2.15. The number of anilines is 1. The zero-order valence-corrected chi connectivity index (χ0v) is 18.5. The van der Waals surface area contributed by atoms with Crippen molar-refractivity contribution in [3.8, 4) is 0 Å². The monoisotopic (exact) mass is 441 g/mol. The number of benzene rings is 3. The Morgan fingerprint density at radius 2 is 1.55 bits per heavy atom. The van der Waals surface area contributed by atoms with Gasteiger partial charge in [0.25, 0.3) is 11.8 Å². The lowest BCUT2D eigenvalue weighted by Crippen LogP contribution is -2.27. The number of likely N-dealkylation sites (tertiary alicyclic amines) is 1. The Morgan fingerprint density at radius 1 is 0.879 bits per heavy atom. The van der Waals surface area contributed by atoms with Gasteiger partial charge in [0.1, 0.15) is 0 Å². The van der Waals surface area contributed by atoms with E-state index in [1.807, 2.05) is 65.6 Å². The fourth-order valence-corrected chi connectivity index (χ4v) is 4.26. The van der Waals surface area contributed by atoms with Crippen LogP contribution in [0.2, 0.25) is 0 Å². The molecule has 1 heterocycles. The Hall–Kier alpha value is -3.67. The van der Waals surface area contributed by atoms with Gasteiger partial charge < -0.3 is 15.5 Å². The van der Waals surface area contributed by atoms with Crippen LogP contribution in [0.3, 0.4) is 0 Å². The molecular weight excluding hydrogens is 414 g/mol. The van der Waals surface area contributed by atoms with Crippen LogP contribution in [0.15, 0.2) is 60.7 Å². The second kappa shape index (κ2) is 9.06. The second-order valence-electron chi connectivity index (χ2n) is 8.89. The number of hydrogen-bond donors (Lipinski definition) is 2. The first kappa shape index (κ1) is 21.2. The highest BCUT2D eigenvalue weighted by molar-refractivity contribution is 6.08. The molecule has 1 saturated heterocycles. The molecule has 2 aliphatic rings. The summed E-state index contributed by atoms with van der Waals surface area (Å²) in [5.41, 5.74) is 2.57. The first-order chi connectivity index (χ1) is 16.1. The van der Waals surface area contributed by atoms with Gasteiger partial charge in [0.05, 0.1) is 11.3 Å². The number of nitrogens with one attached hydrogen (secondary N) is 2. The fourth-order valence-electron chi connectivity index (χ4n) is 4.26. The summed E-state index contributed by atoms with van der Waals surface area (Å²) in [6, 6.07) is 18.9. The van der Waals surface area contributed by atoms with Crippen LogP contribution in [-0.2, 0) is 11.3 Å². The molecule has 2 fully saturated rings. The number of rotatable bonds is 6. The highest BCUT2D eigenvalue weighted by Gasteiger charge is 2.30. The van der Waals surface area contributed by atoms with Gasteiger partial charge in [0.15, 0.2) is 0 Å². The summed E-state index contributed by atoms with van der Waals surface area (Å²) < 4.78 is 0. The van der Waals surface area contributed by atoms with Gasteiger partial charge in [-0.2, -0.15) is 0 Å². The average Bonchev–Trinajstić information content (AvgIpc) is 3.56. The maximum atomic E-state index is 13.1. The minimum atomic E-state index is -0.246. The largest absolute Gasteiger partial charge is 0.348 e. The Morgan fingerprint density at radius 3 is 2.21 bits per heavy atom. The maximum absolute atomic E-state index is 13.1. The van der Waals surface area contributed by atoms with Crippen molar-refractivity contribution in [2.75, 3.05) is 18.4 Å². The Labute approximate surface area is 193 Å². The molecule has 3 amide bonds. The van der Waals surface area contributed by atoms with Crippen molar-refractivity contribution >= 4 is 34.2 Å². The van der Waals surface area contributed by atoms with Crippen molar-refractivity contribution < 1.29 is 14.4 Å². The third-order valence-corrected chi connectivity index (χ3v) is 6.38. The average molecular weight is 442 g/mol. The molecule has 2 N–H and O–H groups in total. The van der Waals surface area contributed by atoms with Crippen molar-refractivity contribution in [3.05, 3.63) is 77.4 Å². The van der Waals surface area contributed by atoms with E-state index in [2.05, 4.69) is 10.6 Å². The first-order valence-electron chi connectivity index (χ1n) is 11.6. The zero-order valence-electron chi connectivity index (χ0n) is 18.5. The second-order valence-corrected chi connectivity index (χ2v) is 8.89. The highest BCUT2D eigenvalue weighted by Crippen LogP contribution is 2.32. The molecule has 1 aliphatic carbocycles. The van der Waals surface area contributed by atoms with Gasteiger partial charge in [-0.1, -0.05) is 36.4 Å². The molecule has 0 bridgehead atoms. The van der Waals surface area contributed by atoms with Gasteiger partial charge in [-0.05, 0) is 66.3 Å². The Bertz CT molecular complexity index is 1210. The molecule has 6 nitrogen and oxygen atoms in total. The van der Waals surface area contributed by atoms with Gasteiger partial charge in [0.2, 0.25) is 5.91 Å². The zero-order chi connectivity index (χ0) is 22.8. The quantitative estimate of drug-likeness (QED) is 0.597. The van der Waals surface area contributed by atoms with Crippen LogP contribution in [-0.4, -0.2) is 35.7 Å². The molecule has 0 aromatic heterocycles. The summed E-state index contributed by atoms with van der Waals surface area (Å²) in [6.07, 6.45) is 3.93. The molecule has 1 saturated carbocycles. The molecule has 3 aromatic carbocycles. The number of fused-ring (bicyclic) bond motifs is 1. The highest BCUT2D eigenvalue weighted by atomic mass is 16.2. The van der Waals surface area contributed by atoms with E-state index >= 15 is 0 Å². The predicted octanol–water partition coefficient (Wildman–Crippen LogP) is 4.35. The Kier molecular flexibility index (Phi) is 5.82. The van der Waals surface area contributed by atoms with E-state index in [0.29, 0.717) is 23.4 Å². The minimum Gasteiger partial charge on any atom is -0.348 e. The maximum Gasteiger partial charge on any atom is 0.253 e. The molecule has 3 aromatic rings. The van der Waals surface area contributed by atoms with Crippen LogP contribution in [0.5, 0.6) is 0 Å². The van der Waals surface area contributed by atoms with Crippen molar-refractivity contribution in [2.45, 2.75) is 32.2 Å². The van der Waals surface area contributed by atoms with Crippen LogP contribution in [0.1, 0.15) is 52.0 Å². The summed E-state index contributed by atoms with van der Waals surface area (Å²) in [4.78, 5) is 39.8. The molecule has 0 unspecified atom stereocenters. The third kappa shape index (κ3) is 4.75. The molecule has 6 heteroatoms. The topological polar surface area (TPSA) is 78.5 Å². The molecule has 0 radical (unpaired) electrons. The number of hydrogen-bond acceptors (Lipinski definition) is 3. The van der Waals surface area contributed by atoms with E-state index in [4.69, 9.17) is 0 Å². The number of carbonyl (C=O) groups excluding carboxylic acids is 3. The minimum absolute atomic E-state index is 0.0300. The SMILES string of the molecule is O=C(NCc1ccc(C(=O)N2CCCC2)cc1)c1cc2ccccc2cc1NC(=O)C1CC1.